The van der Waals surface area contributed by atoms with Crippen molar-refractivity contribution in [1.82, 2.24) is 4.90 Å². The van der Waals surface area contributed by atoms with Crippen molar-refractivity contribution in [2.75, 3.05) is 13.1 Å². The molecule has 0 radical (unpaired) electrons. The third-order valence-corrected chi connectivity index (χ3v) is 2.09. The van der Waals surface area contributed by atoms with Crippen molar-refractivity contribution < 1.29 is 4.92 Å². The van der Waals surface area contributed by atoms with Crippen LogP contribution in [0.1, 0.15) is 6.92 Å². The lowest BCUT2D eigenvalue weighted by Crippen LogP contribution is -2.24. The molecule has 0 aliphatic carbocycles. The summed E-state index contributed by atoms with van der Waals surface area (Å²) in [6, 6.07) is 0. The molecule has 1 aliphatic heterocycles. The van der Waals surface area contributed by atoms with Crippen LogP contribution in [0.5, 0.6) is 0 Å². The molecule has 0 saturated carbocycles. The van der Waals surface area contributed by atoms with E-state index in [9.17, 15) is 10.1 Å². The zero-order chi connectivity index (χ0) is 8.43. The van der Waals surface area contributed by atoms with Gasteiger partial charge in [-0.1, -0.05) is 0 Å². The van der Waals surface area contributed by atoms with Gasteiger partial charge in [-0.3, -0.25) is 4.90 Å². The van der Waals surface area contributed by atoms with Gasteiger partial charge in [0.05, 0.1) is 13.1 Å². The normalized spacial score (nSPS) is 23.6. The summed E-state index contributed by atoms with van der Waals surface area (Å²) in [5.74, 6) is 0.243. The SMILES string of the molecule is CCN1CC(P)C=C1[N+](=O)[O-]. The molecule has 0 bridgehead atoms. The summed E-state index contributed by atoms with van der Waals surface area (Å²) in [5, 5.41) is 10.4. The fourth-order valence-corrected chi connectivity index (χ4v) is 1.59. The Morgan fingerprint density at radius 2 is 2.64 bits per heavy atom. The summed E-state index contributed by atoms with van der Waals surface area (Å²) in [5.41, 5.74) is 0.232. The second kappa shape index (κ2) is 3.18. The van der Waals surface area contributed by atoms with E-state index in [4.69, 9.17) is 0 Å². The summed E-state index contributed by atoms with van der Waals surface area (Å²) < 4.78 is 0. The fraction of sp³-hybridized carbons (Fsp3) is 0.667. The van der Waals surface area contributed by atoms with E-state index < -0.39 is 0 Å². The Morgan fingerprint density at radius 1 is 2.00 bits per heavy atom. The predicted molar refractivity (Wildman–Crippen MR) is 45.8 cm³/mol. The van der Waals surface area contributed by atoms with Crippen LogP contribution in [0.2, 0.25) is 0 Å². The van der Waals surface area contributed by atoms with Gasteiger partial charge >= 0.3 is 5.82 Å². The summed E-state index contributed by atoms with van der Waals surface area (Å²) >= 11 is 0. The van der Waals surface area contributed by atoms with E-state index in [0.29, 0.717) is 6.54 Å². The standard InChI is InChI=1S/C6H11N2O2P/c1-2-7-4-5(11)3-6(7)8(9)10/h3,5H,2,4,11H2,1H3. The molecule has 0 fully saturated rings. The lowest BCUT2D eigenvalue weighted by molar-refractivity contribution is -0.444. The first-order chi connectivity index (χ1) is 5.15. The van der Waals surface area contributed by atoms with Gasteiger partial charge in [0.2, 0.25) is 0 Å². The van der Waals surface area contributed by atoms with Crippen LogP contribution >= 0.6 is 9.24 Å². The van der Waals surface area contributed by atoms with Crippen LogP contribution in [0, 0.1) is 10.1 Å². The van der Waals surface area contributed by atoms with E-state index in [2.05, 4.69) is 9.24 Å². The summed E-state index contributed by atoms with van der Waals surface area (Å²) in [4.78, 5) is 11.8. The summed E-state index contributed by atoms with van der Waals surface area (Å²) in [7, 11) is 2.57. The minimum absolute atomic E-state index is 0.232. The third kappa shape index (κ3) is 1.69. The lowest BCUT2D eigenvalue weighted by Gasteiger charge is -2.10. The predicted octanol–water partition coefficient (Wildman–Crippen LogP) is 0.684. The van der Waals surface area contributed by atoms with Gasteiger partial charge in [0.15, 0.2) is 0 Å². The Hall–Kier alpha value is -0.630. The largest absolute Gasteiger partial charge is 0.358 e. The van der Waals surface area contributed by atoms with E-state index in [0.717, 1.165) is 6.54 Å². The molecule has 5 heteroatoms. The van der Waals surface area contributed by atoms with E-state index in [-0.39, 0.29) is 16.4 Å². The van der Waals surface area contributed by atoms with Crippen molar-refractivity contribution in [3.05, 3.63) is 22.0 Å². The van der Waals surface area contributed by atoms with Gasteiger partial charge in [-0.15, -0.1) is 9.24 Å². The fourth-order valence-electron chi connectivity index (χ4n) is 1.17. The molecule has 1 heterocycles. The molecule has 0 aromatic carbocycles. The van der Waals surface area contributed by atoms with Crippen LogP contribution < -0.4 is 0 Å². The topological polar surface area (TPSA) is 46.4 Å². The molecule has 0 aromatic heterocycles. The number of nitrogens with zero attached hydrogens (tertiary/aromatic N) is 2. The van der Waals surface area contributed by atoms with E-state index in [1.54, 1.807) is 11.0 Å². The van der Waals surface area contributed by atoms with E-state index in [1.807, 2.05) is 6.92 Å². The maximum atomic E-state index is 10.4. The Bertz CT molecular complexity index is 205. The number of hydrogen-bond donors (Lipinski definition) is 0. The molecule has 1 aliphatic rings. The second-order valence-corrected chi connectivity index (χ2v) is 3.34. The molecule has 62 valence electrons. The number of rotatable bonds is 2. The van der Waals surface area contributed by atoms with Crippen molar-refractivity contribution in [2.24, 2.45) is 0 Å². The summed E-state index contributed by atoms with van der Waals surface area (Å²) in [6.07, 6.45) is 1.67. The average Bonchev–Trinajstić information content (AvgIpc) is 2.30. The molecule has 0 spiro atoms. The third-order valence-electron chi connectivity index (χ3n) is 1.69. The average molecular weight is 174 g/mol. The molecular formula is C6H11N2O2P. The van der Waals surface area contributed by atoms with Crippen LogP contribution in [0.15, 0.2) is 11.9 Å². The maximum absolute atomic E-state index is 10.4. The van der Waals surface area contributed by atoms with Crippen molar-refractivity contribution in [3.63, 3.8) is 0 Å². The van der Waals surface area contributed by atoms with Gasteiger partial charge in [0, 0.05) is 11.7 Å². The smallest absolute Gasteiger partial charge is 0.315 e. The molecule has 4 nitrogen and oxygen atoms in total. The van der Waals surface area contributed by atoms with Crippen LogP contribution in [0.25, 0.3) is 0 Å². The highest BCUT2D eigenvalue weighted by Crippen LogP contribution is 2.20. The maximum Gasteiger partial charge on any atom is 0.315 e. The number of hydrogen-bond acceptors (Lipinski definition) is 3. The highest BCUT2D eigenvalue weighted by atomic mass is 31.0. The molecule has 0 aromatic rings. The van der Waals surface area contributed by atoms with Gasteiger partial charge < -0.3 is 10.1 Å². The molecular weight excluding hydrogens is 163 g/mol. The first-order valence-electron chi connectivity index (χ1n) is 3.52. The van der Waals surface area contributed by atoms with Crippen molar-refractivity contribution >= 4 is 9.24 Å². The van der Waals surface area contributed by atoms with Crippen LogP contribution in [0.3, 0.4) is 0 Å². The van der Waals surface area contributed by atoms with Crippen LogP contribution in [0.4, 0.5) is 0 Å². The lowest BCUT2D eigenvalue weighted by atomic mass is 10.4. The van der Waals surface area contributed by atoms with Crippen LogP contribution in [-0.4, -0.2) is 28.6 Å². The van der Waals surface area contributed by atoms with E-state index in [1.165, 1.54) is 0 Å². The minimum Gasteiger partial charge on any atom is -0.358 e. The second-order valence-electron chi connectivity index (χ2n) is 2.48. The summed E-state index contributed by atoms with van der Waals surface area (Å²) in [6.45, 7) is 3.37. The minimum atomic E-state index is -0.326. The molecule has 0 amide bonds. The number of nitro groups is 1. The highest BCUT2D eigenvalue weighted by Gasteiger charge is 2.28. The quantitative estimate of drug-likeness (QED) is 0.351. The van der Waals surface area contributed by atoms with Gasteiger partial charge in [-0.05, 0) is 11.8 Å². The Morgan fingerprint density at radius 3 is 3.00 bits per heavy atom. The first-order valence-corrected chi connectivity index (χ1v) is 4.18. The van der Waals surface area contributed by atoms with Crippen molar-refractivity contribution in [2.45, 2.75) is 12.6 Å². The molecule has 0 N–H and O–H groups in total. The van der Waals surface area contributed by atoms with Crippen molar-refractivity contribution in [3.8, 4) is 0 Å². The van der Waals surface area contributed by atoms with Crippen molar-refractivity contribution in [1.29, 1.82) is 0 Å². The molecule has 0 saturated heterocycles. The zero-order valence-corrected chi connectivity index (χ0v) is 7.51. The Balaban J connectivity index is 2.74. The highest BCUT2D eigenvalue weighted by molar-refractivity contribution is 7.18. The van der Waals surface area contributed by atoms with Gasteiger partial charge in [-0.25, -0.2) is 0 Å². The zero-order valence-electron chi connectivity index (χ0n) is 6.36. The van der Waals surface area contributed by atoms with E-state index >= 15 is 0 Å². The monoisotopic (exact) mass is 174 g/mol. The molecule has 1 rings (SSSR count). The molecule has 11 heavy (non-hydrogen) atoms. The van der Waals surface area contributed by atoms with Gasteiger partial charge in [-0.2, -0.15) is 0 Å². The first kappa shape index (κ1) is 8.47. The van der Waals surface area contributed by atoms with Crippen LogP contribution in [-0.2, 0) is 0 Å². The van der Waals surface area contributed by atoms with Gasteiger partial charge in [0.1, 0.15) is 0 Å². The molecule has 2 unspecified atom stereocenters. The van der Waals surface area contributed by atoms with Gasteiger partial charge in [0.25, 0.3) is 0 Å². The molecule has 2 atom stereocenters. The Kier molecular flexibility index (Phi) is 2.45. The Labute approximate surface area is 67.6 Å².